The smallest absolute Gasteiger partial charge is 0.243 e. The molecular formula is C19H23ClN2O4S. The van der Waals surface area contributed by atoms with Gasteiger partial charge in [-0.3, -0.25) is 4.79 Å². The molecule has 2 aromatic rings. The van der Waals surface area contributed by atoms with Crippen molar-refractivity contribution in [3.8, 4) is 5.75 Å². The van der Waals surface area contributed by atoms with Crippen LogP contribution in [0.15, 0.2) is 47.4 Å². The quantitative estimate of drug-likeness (QED) is 0.650. The standard InChI is InChI=1S/C19H23ClN2O4S/c1-3-22(4-2)27(25,26)15-10-11-18(23)17(13-15)21-19(24)12-9-14-7-5-6-8-16(14)20/h5-8,10-11,13,23H,3-4,9,12H2,1-2H3,(H,21,24). The van der Waals surface area contributed by atoms with Crippen LogP contribution in [0.2, 0.25) is 5.02 Å². The molecule has 0 atom stereocenters. The van der Waals surface area contributed by atoms with Gasteiger partial charge in [-0.2, -0.15) is 4.31 Å². The molecule has 146 valence electrons. The molecule has 0 fully saturated rings. The van der Waals surface area contributed by atoms with Crippen LogP contribution in [0.1, 0.15) is 25.8 Å². The monoisotopic (exact) mass is 410 g/mol. The number of anilines is 1. The van der Waals surface area contributed by atoms with E-state index in [1.807, 2.05) is 18.2 Å². The van der Waals surface area contributed by atoms with Crippen LogP contribution >= 0.6 is 11.6 Å². The van der Waals surface area contributed by atoms with Crippen molar-refractivity contribution in [2.24, 2.45) is 0 Å². The summed E-state index contributed by atoms with van der Waals surface area (Å²) in [5, 5.41) is 13.1. The van der Waals surface area contributed by atoms with E-state index in [0.717, 1.165) is 5.56 Å². The number of rotatable bonds is 8. The Labute approximate surface area is 164 Å². The Balaban J connectivity index is 2.14. The predicted molar refractivity (Wildman–Crippen MR) is 107 cm³/mol. The van der Waals surface area contributed by atoms with Gasteiger partial charge in [0, 0.05) is 24.5 Å². The first kappa shape index (κ1) is 21.2. The molecule has 2 aromatic carbocycles. The van der Waals surface area contributed by atoms with Crippen LogP contribution in [0.3, 0.4) is 0 Å². The van der Waals surface area contributed by atoms with Crippen molar-refractivity contribution in [1.29, 1.82) is 0 Å². The van der Waals surface area contributed by atoms with Crippen LogP contribution in [0.4, 0.5) is 5.69 Å². The van der Waals surface area contributed by atoms with Crippen LogP contribution in [0, 0.1) is 0 Å². The maximum absolute atomic E-state index is 12.6. The highest BCUT2D eigenvalue weighted by atomic mass is 35.5. The number of aryl methyl sites for hydroxylation is 1. The molecule has 0 bridgehead atoms. The van der Waals surface area contributed by atoms with Gasteiger partial charge in [0.1, 0.15) is 5.75 Å². The van der Waals surface area contributed by atoms with E-state index in [9.17, 15) is 18.3 Å². The van der Waals surface area contributed by atoms with E-state index in [-0.39, 0.29) is 28.7 Å². The fourth-order valence-corrected chi connectivity index (χ4v) is 4.37. The van der Waals surface area contributed by atoms with Gasteiger partial charge in [-0.05, 0) is 36.2 Å². The van der Waals surface area contributed by atoms with Gasteiger partial charge < -0.3 is 10.4 Å². The summed E-state index contributed by atoms with van der Waals surface area (Å²) in [7, 11) is -3.68. The minimum atomic E-state index is -3.68. The van der Waals surface area contributed by atoms with E-state index in [1.54, 1.807) is 19.9 Å². The lowest BCUT2D eigenvalue weighted by molar-refractivity contribution is -0.116. The summed E-state index contributed by atoms with van der Waals surface area (Å²) >= 11 is 6.08. The molecule has 0 heterocycles. The van der Waals surface area contributed by atoms with E-state index < -0.39 is 10.0 Å². The summed E-state index contributed by atoms with van der Waals surface area (Å²) in [5.41, 5.74) is 0.906. The van der Waals surface area contributed by atoms with Gasteiger partial charge >= 0.3 is 0 Å². The Kier molecular flexibility index (Phi) is 7.24. The average Bonchev–Trinajstić information content (AvgIpc) is 2.63. The summed E-state index contributed by atoms with van der Waals surface area (Å²) < 4.78 is 26.5. The number of carbonyl (C=O) groups is 1. The number of phenolic OH excluding ortho intramolecular Hbond substituents is 1. The molecule has 1 amide bonds. The molecule has 6 nitrogen and oxygen atoms in total. The number of benzene rings is 2. The van der Waals surface area contributed by atoms with Crippen LogP contribution in [-0.2, 0) is 21.2 Å². The van der Waals surface area contributed by atoms with Crippen molar-refractivity contribution >= 4 is 33.2 Å². The molecule has 0 aliphatic carbocycles. The molecule has 0 radical (unpaired) electrons. The zero-order chi connectivity index (χ0) is 20.0. The number of phenols is 1. The van der Waals surface area contributed by atoms with Crippen molar-refractivity contribution in [3.63, 3.8) is 0 Å². The van der Waals surface area contributed by atoms with Crippen molar-refractivity contribution in [1.82, 2.24) is 4.31 Å². The first-order valence-corrected chi connectivity index (χ1v) is 10.5. The molecule has 0 aliphatic heterocycles. The fourth-order valence-electron chi connectivity index (χ4n) is 2.65. The number of amides is 1. The average molecular weight is 411 g/mol. The predicted octanol–water partition coefficient (Wildman–Crippen LogP) is 3.65. The highest BCUT2D eigenvalue weighted by Gasteiger charge is 2.23. The third-order valence-corrected chi connectivity index (χ3v) is 6.58. The van der Waals surface area contributed by atoms with Crippen molar-refractivity contribution in [3.05, 3.63) is 53.1 Å². The number of sulfonamides is 1. The van der Waals surface area contributed by atoms with Crippen LogP contribution < -0.4 is 5.32 Å². The zero-order valence-electron chi connectivity index (χ0n) is 15.3. The van der Waals surface area contributed by atoms with Gasteiger partial charge in [-0.15, -0.1) is 0 Å². The van der Waals surface area contributed by atoms with Crippen molar-refractivity contribution in [2.45, 2.75) is 31.6 Å². The Morgan fingerprint density at radius 1 is 1.15 bits per heavy atom. The fraction of sp³-hybridized carbons (Fsp3) is 0.316. The Morgan fingerprint density at radius 2 is 1.81 bits per heavy atom. The summed E-state index contributed by atoms with van der Waals surface area (Å²) in [6.07, 6.45) is 0.583. The van der Waals surface area contributed by atoms with Crippen LogP contribution in [0.25, 0.3) is 0 Å². The normalized spacial score (nSPS) is 11.6. The lowest BCUT2D eigenvalue weighted by atomic mass is 10.1. The molecule has 0 saturated heterocycles. The zero-order valence-corrected chi connectivity index (χ0v) is 16.8. The summed E-state index contributed by atoms with van der Waals surface area (Å²) in [5.74, 6) is -0.540. The van der Waals surface area contributed by atoms with Crippen molar-refractivity contribution < 1.29 is 18.3 Å². The van der Waals surface area contributed by atoms with Gasteiger partial charge in [-0.1, -0.05) is 43.6 Å². The summed E-state index contributed by atoms with van der Waals surface area (Å²) in [6.45, 7) is 4.16. The molecule has 0 aliphatic rings. The second-order valence-corrected chi connectivity index (χ2v) is 8.25. The highest BCUT2D eigenvalue weighted by molar-refractivity contribution is 7.89. The van der Waals surface area contributed by atoms with E-state index in [2.05, 4.69) is 5.32 Å². The highest BCUT2D eigenvalue weighted by Crippen LogP contribution is 2.28. The Hall–Kier alpha value is -2.09. The third kappa shape index (κ3) is 5.22. The number of nitrogens with zero attached hydrogens (tertiary/aromatic N) is 1. The Bertz CT molecular complexity index is 912. The second kappa shape index (κ2) is 9.21. The van der Waals surface area contributed by atoms with E-state index >= 15 is 0 Å². The Morgan fingerprint density at radius 3 is 2.44 bits per heavy atom. The van der Waals surface area contributed by atoms with Crippen molar-refractivity contribution in [2.75, 3.05) is 18.4 Å². The molecular weight excluding hydrogens is 388 g/mol. The lowest BCUT2D eigenvalue weighted by Gasteiger charge is -2.19. The van der Waals surface area contributed by atoms with E-state index in [0.29, 0.717) is 24.5 Å². The van der Waals surface area contributed by atoms with E-state index in [4.69, 9.17) is 11.6 Å². The first-order valence-electron chi connectivity index (χ1n) is 8.66. The molecule has 2 N–H and O–H groups in total. The largest absolute Gasteiger partial charge is 0.506 e. The molecule has 0 saturated carbocycles. The molecule has 27 heavy (non-hydrogen) atoms. The van der Waals surface area contributed by atoms with Gasteiger partial charge in [0.25, 0.3) is 0 Å². The number of nitrogens with one attached hydrogen (secondary N) is 1. The molecule has 8 heteroatoms. The second-order valence-electron chi connectivity index (χ2n) is 5.91. The number of hydrogen-bond donors (Lipinski definition) is 2. The number of aromatic hydroxyl groups is 1. The summed E-state index contributed by atoms with van der Waals surface area (Å²) in [6, 6.07) is 11.1. The first-order chi connectivity index (χ1) is 12.8. The molecule has 0 aromatic heterocycles. The van der Waals surface area contributed by atoms with Gasteiger partial charge in [0.2, 0.25) is 15.9 Å². The van der Waals surface area contributed by atoms with Crippen LogP contribution in [-0.4, -0.2) is 36.8 Å². The third-order valence-electron chi connectivity index (χ3n) is 4.16. The molecule has 0 spiro atoms. The van der Waals surface area contributed by atoms with Gasteiger partial charge in [-0.25, -0.2) is 8.42 Å². The minimum absolute atomic E-state index is 0.0189. The number of hydrogen-bond acceptors (Lipinski definition) is 4. The maximum Gasteiger partial charge on any atom is 0.243 e. The molecule has 2 rings (SSSR count). The van der Waals surface area contributed by atoms with E-state index in [1.165, 1.54) is 22.5 Å². The van der Waals surface area contributed by atoms with Gasteiger partial charge in [0.05, 0.1) is 10.6 Å². The maximum atomic E-state index is 12.6. The van der Waals surface area contributed by atoms with Gasteiger partial charge in [0.15, 0.2) is 0 Å². The topological polar surface area (TPSA) is 86.7 Å². The SMILES string of the molecule is CCN(CC)S(=O)(=O)c1ccc(O)c(NC(=O)CCc2ccccc2Cl)c1. The number of carbonyl (C=O) groups excluding carboxylic acids is 1. The molecule has 0 unspecified atom stereocenters. The minimum Gasteiger partial charge on any atom is -0.506 e. The number of halogens is 1. The summed E-state index contributed by atoms with van der Waals surface area (Å²) in [4.78, 5) is 12.3. The lowest BCUT2D eigenvalue weighted by Crippen LogP contribution is -2.30. The van der Waals surface area contributed by atoms with Crippen LogP contribution in [0.5, 0.6) is 5.75 Å².